The van der Waals surface area contributed by atoms with Crippen LogP contribution in [0.15, 0.2) is 51.8 Å². The first-order valence-electron chi connectivity index (χ1n) is 10.6. The van der Waals surface area contributed by atoms with Crippen molar-refractivity contribution in [3.05, 3.63) is 63.4 Å². The van der Waals surface area contributed by atoms with E-state index in [-0.39, 0.29) is 34.3 Å². The van der Waals surface area contributed by atoms with E-state index in [1.54, 1.807) is 36.4 Å². The smallest absolute Gasteiger partial charge is 0.403 e. The summed E-state index contributed by atoms with van der Waals surface area (Å²) >= 11 is 18.6. The summed E-state index contributed by atoms with van der Waals surface area (Å²) < 4.78 is 61.6. The number of hydrogen-bond donors (Lipinski definition) is 0. The van der Waals surface area contributed by atoms with E-state index in [4.69, 9.17) is 39.2 Å². The number of hydrogen-bond acceptors (Lipinski definition) is 5. The molecule has 1 atom stereocenters. The normalized spacial score (nSPS) is 16.1. The van der Waals surface area contributed by atoms with E-state index in [9.17, 15) is 17.4 Å². The highest BCUT2D eigenvalue weighted by Crippen LogP contribution is 2.54. The Kier molecular flexibility index (Phi) is 6.43. The van der Waals surface area contributed by atoms with Crippen molar-refractivity contribution in [2.45, 2.75) is 35.7 Å². The van der Waals surface area contributed by atoms with Crippen LogP contribution in [0.3, 0.4) is 0 Å². The fourth-order valence-corrected chi connectivity index (χ4v) is 5.66. The minimum Gasteiger partial charge on any atom is -0.418 e. The number of aromatic nitrogens is 4. The van der Waals surface area contributed by atoms with Crippen LogP contribution in [0, 0.1) is 0 Å². The van der Waals surface area contributed by atoms with Crippen molar-refractivity contribution in [3.8, 4) is 28.5 Å². The van der Waals surface area contributed by atoms with Gasteiger partial charge in [-0.3, -0.25) is 4.21 Å². The summed E-state index contributed by atoms with van der Waals surface area (Å²) in [5.41, 5.74) is -0.845. The van der Waals surface area contributed by atoms with Gasteiger partial charge >= 0.3 is 6.18 Å². The average molecular weight is 576 g/mol. The minimum absolute atomic E-state index is 0.0119. The topological polar surface area (TPSA) is 73.8 Å². The first kappa shape index (κ1) is 25.3. The Balaban J connectivity index is 1.75. The first-order valence-corrected chi connectivity index (χ1v) is 13.3. The van der Waals surface area contributed by atoms with Crippen molar-refractivity contribution in [2.75, 3.05) is 6.26 Å². The number of alkyl halides is 3. The summed E-state index contributed by atoms with van der Waals surface area (Å²) in [6, 6.07) is 11.4. The molecule has 6 nitrogen and oxygen atoms in total. The summed E-state index contributed by atoms with van der Waals surface area (Å²) in [6.07, 6.45) is -3.01. The molecule has 0 N–H and O–H groups in total. The summed E-state index contributed by atoms with van der Waals surface area (Å²) in [7, 11) is -1.67. The molecule has 0 amide bonds. The maximum absolute atomic E-state index is 13.8. The van der Waals surface area contributed by atoms with Gasteiger partial charge in [0.2, 0.25) is 5.89 Å². The van der Waals surface area contributed by atoms with Crippen LogP contribution in [0.2, 0.25) is 15.1 Å². The van der Waals surface area contributed by atoms with Crippen molar-refractivity contribution < 1.29 is 21.8 Å². The number of benzene rings is 2. The highest BCUT2D eigenvalue weighted by molar-refractivity contribution is 7.84. The van der Waals surface area contributed by atoms with Gasteiger partial charge in [-0.25, -0.2) is 4.68 Å². The lowest BCUT2D eigenvalue weighted by Gasteiger charge is -2.39. The van der Waals surface area contributed by atoms with Crippen LogP contribution >= 0.6 is 34.8 Å². The fraction of sp³-hybridized carbons (Fsp3) is 0.261. The molecular weight excluding hydrogens is 560 g/mol. The summed E-state index contributed by atoms with van der Waals surface area (Å²) in [4.78, 5) is 0.188. The molecule has 2 aromatic heterocycles. The van der Waals surface area contributed by atoms with Gasteiger partial charge in [-0.1, -0.05) is 53.4 Å². The van der Waals surface area contributed by atoms with Crippen LogP contribution < -0.4 is 0 Å². The van der Waals surface area contributed by atoms with Gasteiger partial charge in [0.25, 0.3) is 5.89 Å². The van der Waals surface area contributed by atoms with E-state index in [1.807, 2.05) is 0 Å². The second-order valence-electron chi connectivity index (χ2n) is 8.34. The van der Waals surface area contributed by atoms with Crippen molar-refractivity contribution in [2.24, 2.45) is 0 Å². The van der Waals surface area contributed by atoms with Gasteiger partial charge in [-0.2, -0.15) is 18.3 Å². The van der Waals surface area contributed by atoms with Crippen molar-refractivity contribution in [3.63, 3.8) is 0 Å². The van der Waals surface area contributed by atoms with E-state index >= 15 is 0 Å². The molecule has 2 aromatic carbocycles. The van der Waals surface area contributed by atoms with Crippen LogP contribution in [-0.2, 0) is 16.2 Å². The third kappa shape index (κ3) is 4.13. The minimum atomic E-state index is -4.55. The Hall–Kier alpha value is -2.40. The van der Waals surface area contributed by atoms with Crippen molar-refractivity contribution in [1.29, 1.82) is 0 Å². The molecule has 4 aromatic rings. The van der Waals surface area contributed by atoms with E-state index < -0.39 is 28.3 Å². The van der Waals surface area contributed by atoms with Crippen molar-refractivity contribution in [1.82, 2.24) is 20.0 Å². The summed E-state index contributed by atoms with van der Waals surface area (Å²) in [5, 5.41) is 13.3. The molecule has 1 fully saturated rings. The predicted molar refractivity (Wildman–Crippen MR) is 131 cm³/mol. The Bertz CT molecular complexity index is 1480. The molecule has 2 heterocycles. The quantitative estimate of drug-likeness (QED) is 0.250. The average Bonchev–Trinajstić information content (AvgIpc) is 3.38. The monoisotopic (exact) mass is 574 g/mol. The second kappa shape index (κ2) is 9.16. The Morgan fingerprint density at radius 2 is 1.69 bits per heavy atom. The number of halogens is 6. The van der Waals surface area contributed by atoms with Gasteiger partial charge in [0.05, 0.1) is 32.1 Å². The molecule has 0 saturated heterocycles. The number of rotatable bonds is 5. The van der Waals surface area contributed by atoms with Crippen molar-refractivity contribution >= 4 is 45.6 Å². The van der Waals surface area contributed by atoms with E-state index in [2.05, 4.69) is 15.3 Å². The molecule has 0 bridgehead atoms. The van der Waals surface area contributed by atoms with Crippen LogP contribution in [0.4, 0.5) is 13.2 Å². The molecule has 0 spiro atoms. The summed E-state index contributed by atoms with van der Waals surface area (Å²) in [5.74, 6) is -0.805. The van der Waals surface area contributed by atoms with Gasteiger partial charge in [0, 0.05) is 21.9 Å². The van der Waals surface area contributed by atoms with Crippen LogP contribution in [0.5, 0.6) is 0 Å². The lowest BCUT2D eigenvalue weighted by molar-refractivity contribution is -0.219. The zero-order chi connectivity index (χ0) is 25.8. The third-order valence-corrected chi connectivity index (χ3v) is 7.92. The molecule has 1 saturated carbocycles. The molecule has 0 radical (unpaired) electrons. The largest absolute Gasteiger partial charge is 0.418 e. The van der Waals surface area contributed by atoms with Crippen LogP contribution in [0.1, 0.15) is 25.2 Å². The maximum atomic E-state index is 13.8. The van der Waals surface area contributed by atoms with E-state index in [1.165, 1.54) is 17.0 Å². The lowest BCUT2D eigenvalue weighted by atomic mass is 9.68. The maximum Gasteiger partial charge on any atom is 0.403 e. The Labute approximate surface area is 220 Å². The highest BCUT2D eigenvalue weighted by atomic mass is 35.5. The molecule has 5 rings (SSSR count). The molecule has 0 aliphatic heterocycles. The zero-order valence-corrected chi connectivity index (χ0v) is 21.5. The molecule has 1 aliphatic rings. The predicted octanol–water partition coefficient (Wildman–Crippen LogP) is 7.27. The van der Waals surface area contributed by atoms with Crippen LogP contribution in [-0.4, -0.2) is 36.6 Å². The Morgan fingerprint density at radius 3 is 2.25 bits per heavy atom. The summed E-state index contributed by atoms with van der Waals surface area (Å²) in [6.45, 7) is 0. The molecular formula is C23H16Cl3F3N4O2S. The number of nitrogens with zero attached hydrogens (tertiary/aromatic N) is 4. The fourth-order valence-electron chi connectivity index (χ4n) is 4.17. The van der Waals surface area contributed by atoms with Gasteiger partial charge in [0.1, 0.15) is 5.41 Å². The molecule has 13 heteroatoms. The molecule has 1 aliphatic carbocycles. The highest BCUT2D eigenvalue weighted by Gasteiger charge is 2.63. The van der Waals surface area contributed by atoms with Gasteiger partial charge in [-0.15, -0.1) is 10.2 Å². The zero-order valence-electron chi connectivity index (χ0n) is 18.4. The standard InChI is InChI=1S/C23H16Cl3F3N4O2S/c1-36(34)19-17(20-30-31-21(35-20)22(9-2-10-22)23(27,28)29)32-33(16-8-7-14(25)11-15(16)26)18(19)12-3-5-13(24)6-4-12/h3-8,11H,2,9-10H2,1H3. The van der Waals surface area contributed by atoms with Crippen LogP contribution in [0.25, 0.3) is 28.5 Å². The molecule has 188 valence electrons. The molecule has 1 unspecified atom stereocenters. The second-order valence-corrected chi connectivity index (χ2v) is 10.9. The van der Waals surface area contributed by atoms with Gasteiger partial charge < -0.3 is 4.42 Å². The van der Waals surface area contributed by atoms with Gasteiger partial charge in [-0.05, 0) is 43.2 Å². The first-order chi connectivity index (χ1) is 17.0. The van der Waals surface area contributed by atoms with E-state index in [0.29, 0.717) is 33.4 Å². The molecule has 36 heavy (non-hydrogen) atoms. The van der Waals surface area contributed by atoms with Gasteiger partial charge in [0.15, 0.2) is 5.69 Å². The lowest BCUT2D eigenvalue weighted by Crippen LogP contribution is -2.48. The third-order valence-electron chi connectivity index (χ3n) is 6.17. The van der Waals surface area contributed by atoms with E-state index in [0.717, 1.165) is 0 Å². The SMILES string of the molecule is CS(=O)c1c(-c2nnc(C3(C(F)(F)F)CCC3)o2)nn(-c2ccc(Cl)cc2Cl)c1-c1ccc(Cl)cc1. The Morgan fingerprint density at radius 1 is 1.03 bits per heavy atom.